The molecule has 1 fully saturated rings. The van der Waals surface area contributed by atoms with E-state index in [0.29, 0.717) is 19.8 Å². The van der Waals surface area contributed by atoms with Gasteiger partial charge in [0.15, 0.2) is 0 Å². The molecule has 1 atom stereocenters. The Bertz CT molecular complexity index is 406. The maximum absolute atomic E-state index is 5.67. The summed E-state index contributed by atoms with van der Waals surface area (Å²) >= 11 is 0. The van der Waals surface area contributed by atoms with Crippen LogP contribution in [0.2, 0.25) is 0 Å². The second kappa shape index (κ2) is 6.82. The standard InChI is InChI=1S/C14H23N3O2/c1-4-5-12-8-14(16-11(2)15-12)17(3)9-13-10-18-6-7-19-13/h8,13H,4-7,9-10H2,1-3H3/t13-/m0/s1. The van der Waals surface area contributed by atoms with Crippen molar-refractivity contribution in [2.24, 2.45) is 0 Å². The van der Waals surface area contributed by atoms with Crippen LogP contribution >= 0.6 is 0 Å². The third-order valence-electron chi connectivity index (χ3n) is 3.14. The minimum Gasteiger partial charge on any atom is -0.376 e. The van der Waals surface area contributed by atoms with E-state index in [9.17, 15) is 0 Å². The molecule has 2 heterocycles. The van der Waals surface area contributed by atoms with Crippen LogP contribution in [-0.4, -0.2) is 49.5 Å². The molecule has 0 N–H and O–H groups in total. The quantitative estimate of drug-likeness (QED) is 0.809. The molecule has 0 amide bonds. The second-order valence-corrected chi connectivity index (χ2v) is 4.96. The third kappa shape index (κ3) is 4.14. The highest BCUT2D eigenvalue weighted by Gasteiger charge is 2.17. The summed E-state index contributed by atoms with van der Waals surface area (Å²) in [5, 5.41) is 0. The van der Waals surface area contributed by atoms with Crippen LogP contribution in [0.1, 0.15) is 24.9 Å². The number of likely N-dealkylation sites (N-methyl/N-ethyl adjacent to an activating group) is 1. The molecule has 5 nitrogen and oxygen atoms in total. The van der Waals surface area contributed by atoms with Gasteiger partial charge in [0.2, 0.25) is 0 Å². The zero-order chi connectivity index (χ0) is 13.7. The van der Waals surface area contributed by atoms with E-state index in [2.05, 4.69) is 27.9 Å². The molecule has 1 aromatic rings. The van der Waals surface area contributed by atoms with Crippen molar-refractivity contribution in [1.82, 2.24) is 9.97 Å². The van der Waals surface area contributed by atoms with E-state index in [-0.39, 0.29) is 6.10 Å². The number of anilines is 1. The Morgan fingerprint density at radius 2 is 2.21 bits per heavy atom. The van der Waals surface area contributed by atoms with Crippen molar-refractivity contribution in [1.29, 1.82) is 0 Å². The topological polar surface area (TPSA) is 47.5 Å². The minimum atomic E-state index is 0.128. The molecule has 1 aliphatic rings. The van der Waals surface area contributed by atoms with Crippen LogP contribution in [0.25, 0.3) is 0 Å². The van der Waals surface area contributed by atoms with E-state index in [1.54, 1.807) is 0 Å². The fourth-order valence-electron chi connectivity index (χ4n) is 2.23. The lowest BCUT2D eigenvalue weighted by Gasteiger charge is -2.28. The van der Waals surface area contributed by atoms with Gasteiger partial charge in [0, 0.05) is 25.4 Å². The predicted octanol–water partition coefficient (Wildman–Crippen LogP) is 1.59. The summed E-state index contributed by atoms with van der Waals surface area (Å²) in [6.45, 7) is 6.94. The van der Waals surface area contributed by atoms with Crippen LogP contribution in [0.15, 0.2) is 6.07 Å². The van der Waals surface area contributed by atoms with E-state index in [0.717, 1.165) is 36.7 Å². The molecule has 0 bridgehead atoms. The molecule has 1 saturated heterocycles. The van der Waals surface area contributed by atoms with Crippen molar-refractivity contribution in [3.05, 3.63) is 17.6 Å². The third-order valence-corrected chi connectivity index (χ3v) is 3.14. The van der Waals surface area contributed by atoms with Gasteiger partial charge in [0.25, 0.3) is 0 Å². The second-order valence-electron chi connectivity index (χ2n) is 4.96. The number of ether oxygens (including phenoxy) is 2. The molecular weight excluding hydrogens is 242 g/mol. The van der Waals surface area contributed by atoms with Gasteiger partial charge in [-0.1, -0.05) is 13.3 Å². The highest BCUT2D eigenvalue weighted by molar-refractivity contribution is 5.39. The lowest BCUT2D eigenvalue weighted by molar-refractivity contribution is -0.0837. The average molecular weight is 265 g/mol. The number of hydrogen-bond donors (Lipinski definition) is 0. The van der Waals surface area contributed by atoms with Crippen LogP contribution in [0.3, 0.4) is 0 Å². The van der Waals surface area contributed by atoms with Gasteiger partial charge in [-0.25, -0.2) is 9.97 Å². The Morgan fingerprint density at radius 1 is 1.37 bits per heavy atom. The molecule has 2 rings (SSSR count). The summed E-state index contributed by atoms with van der Waals surface area (Å²) in [5.74, 6) is 1.79. The first kappa shape index (κ1) is 14.2. The van der Waals surface area contributed by atoms with Gasteiger partial charge in [-0.05, 0) is 13.3 Å². The largest absolute Gasteiger partial charge is 0.376 e. The van der Waals surface area contributed by atoms with Gasteiger partial charge >= 0.3 is 0 Å². The van der Waals surface area contributed by atoms with Crippen LogP contribution in [0, 0.1) is 6.92 Å². The van der Waals surface area contributed by atoms with Crippen LogP contribution in [0.4, 0.5) is 5.82 Å². The molecule has 0 spiro atoms. The van der Waals surface area contributed by atoms with Crippen LogP contribution < -0.4 is 4.90 Å². The fraction of sp³-hybridized carbons (Fsp3) is 0.714. The van der Waals surface area contributed by atoms with Gasteiger partial charge in [-0.15, -0.1) is 0 Å². The molecule has 106 valence electrons. The molecule has 19 heavy (non-hydrogen) atoms. The molecule has 0 radical (unpaired) electrons. The van der Waals surface area contributed by atoms with E-state index >= 15 is 0 Å². The Morgan fingerprint density at radius 3 is 2.89 bits per heavy atom. The number of aryl methyl sites for hydroxylation is 2. The summed E-state index contributed by atoms with van der Waals surface area (Å²) in [5.41, 5.74) is 1.11. The van der Waals surface area contributed by atoms with E-state index in [1.807, 2.05) is 14.0 Å². The summed E-state index contributed by atoms with van der Waals surface area (Å²) in [7, 11) is 2.04. The molecule has 1 aliphatic heterocycles. The Labute approximate surface area is 115 Å². The van der Waals surface area contributed by atoms with Crippen LogP contribution in [-0.2, 0) is 15.9 Å². The van der Waals surface area contributed by atoms with Gasteiger partial charge in [-0.2, -0.15) is 0 Å². The first-order valence-corrected chi connectivity index (χ1v) is 6.94. The molecule has 5 heteroatoms. The van der Waals surface area contributed by atoms with Crippen LogP contribution in [0.5, 0.6) is 0 Å². The lowest BCUT2D eigenvalue weighted by atomic mass is 10.2. The molecule has 1 aromatic heterocycles. The number of rotatable bonds is 5. The maximum atomic E-state index is 5.67. The molecule has 0 aromatic carbocycles. The summed E-state index contributed by atoms with van der Waals surface area (Å²) in [6, 6.07) is 2.07. The number of hydrogen-bond acceptors (Lipinski definition) is 5. The molecule has 0 aliphatic carbocycles. The van der Waals surface area contributed by atoms with E-state index in [4.69, 9.17) is 9.47 Å². The Balaban J connectivity index is 2.02. The molecule has 0 unspecified atom stereocenters. The SMILES string of the molecule is CCCc1cc(N(C)C[C@H]2COCCO2)nc(C)n1. The number of nitrogens with zero attached hydrogens (tertiary/aromatic N) is 3. The first-order chi connectivity index (χ1) is 9.19. The summed E-state index contributed by atoms with van der Waals surface area (Å²) in [6.07, 6.45) is 2.22. The summed E-state index contributed by atoms with van der Waals surface area (Å²) in [4.78, 5) is 11.1. The lowest BCUT2D eigenvalue weighted by Crippen LogP contribution is -2.38. The van der Waals surface area contributed by atoms with E-state index < -0.39 is 0 Å². The van der Waals surface area contributed by atoms with Crippen molar-refractivity contribution in [2.75, 3.05) is 38.3 Å². The smallest absolute Gasteiger partial charge is 0.132 e. The van der Waals surface area contributed by atoms with E-state index in [1.165, 1.54) is 0 Å². The maximum Gasteiger partial charge on any atom is 0.132 e. The zero-order valence-electron chi connectivity index (χ0n) is 12.1. The number of aromatic nitrogens is 2. The highest BCUT2D eigenvalue weighted by Crippen LogP contribution is 2.14. The van der Waals surface area contributed by atoms with Crippen molar-refractivity contribution in [3.63, 3.8) is 0 Å². The minimum absolute atomic E-state index is 0.128. The highest BCUT2D eigenvalue weighted by atomic mass is 16.6. The Hall–Kier alpha value is -1.20. The average Bonchev–Trinajstić information content (AvgIpc) is 2.39. The normalized spacial score (nSPS) is 19.4. The monoisotopic (exact) mass is 265 g/mol. The van der Waals surface area contributed by atoms with Gasteiger partial charge < -0.3 is 14.4 Å². The van der Waals surface area contributed by atoms with Crippen molar-refractivity contribution in [3.8, 4) is 0 Å². The van der Waals surface area contributed by atoms with Gasteiger partial charge in [-0.3, -0.25) is 0 Å². The Kier molecular flexibility index (Phi) is 5.10. The van der Waals surface area contributed by atoms with Crippen molar-refractivity contribution in [2.45, 2.75) is 32.8 Å². The van der Waals surface area contributed by atoms with Gasteiger partial charge in [0.1, 0.15) is 11.6 Å². The van der Waals surface area contributed by atoms with Crippen molar-refractivity contribution >= 4 is 5.82 Å². The predicted molar refractivity (Wildman–Crippen MR) is 74.6 cm³/mol. The zero-order valence-corrected chi connectivity index (χ0v) is 12.1. The molecular formula is C14H23N3O2. The molecule has 0 saturated carbocycles. The first-order valence-electron chi connectivity index (χ1n) is 6.94. The van der Waals surface area contributed by atoms with Crippen molar-refractivity contribution < 1.29 is 9.47 Å². The summed E-state index contributed by atoms with van der Waals surface area (Å²) < 4.78 is 11.1. The van der Waals surface area contributed by atoms with Gasteiger partial charge in [0.05, 0.1) is 25.9 Å². The fourth-order valence-corrected chi connectivity index (χ4v) is 2.23.